The van der Waals surface area contributed by atoms with E-state index in [1.807, 2.05) is 36.4 Å². The summed E-state index contributed by atoms with van der Waals surface area (Å²) in [6, 6.07) is 15.2. The van der Waals surface area contributed by atoms with Gasteiger partial charge in [0.2, 0.25) is 10.0 Å². The number of hydrogen-bond donors (Lipinski definition) is 1. The lowest BCUT2D eigenvalue weighted by Gasteiger charge is -2.42. The van der Waals surface area contributed by atoms with Crippen molar-refractivity contribution in [3.63, 3.8) is 0 Å². The SMILES string of the molecule is COC(=O)c1sccc1S(=O)(=O)NCC1CCC(c2ccc(Cl)cc2C)N(c2ccc(Cl)cc2)C1. The summed E-state index contributed by atoms with van der Waals surface area (Å²) in [7, 11) is -2.62. The number of carbonyl (C=O) groups is 1. The Kier molecular flexibility index (Phi) is 8.08. The minimum absolute atomic E-state index is 0.0469. The van der Waals surface area contributed by atoms with E-state index >= 15 is 0 Å². The first-order valence-corrected chi connectivity index (χ1v) is 14.2. The zero-order valence-corrected chi connectivity index (χ0v) is 22.5. The molecule has 2 aromatic carbocycles. The highest BCUT2D eigenvalue weighted by molar-refractivity contribution is 7.89. The second kappa shape index (κ2) is 10.9. The molecule has 4 rings (SSSR count). The van der Waals surface area contributed by atoms with Crippen LogP contribution in [0.3, 0.4) is 0 Å². The van der Waals surface area contributed by atoms with Crippen molar-refractivity contribution in [2.45, 2.75) is 30.7 Å². The quantitative estimate of drug-likeness (QED) is 0.359. The molecule has 1 saturated heterocycles. The molecule has 2 heterocycles. The lowest BCUT2D eigenvalue weighted by atomic mass is 9.87. The summed E-state index contributed by atoms with van der Waals surface area (Å²) in [4.78, 5) is 14.3. The van der Waals surface area contributed by atoms with Gasteiger partial charge in [-0.15, -0.1) is 11.3 Å². The Labute approximate surface area is 219 Å². The first-order valence-electron chi connectivity index (χ1n) is 11.1. The summed E-state index contributed by atoms with van der Waals surface area (Å²) in [5.41, 5.74) is 3.34. The highest BCUT2D eigenvalue weighted by Crippen LogP contribution is 2.39. The van der Waals surface area contributed by atoms with Crippen molar-refractivity contribution < 1.29 is 17.9 Å². The zero-order valence-electron chi connectivity index (χ0n) is 19.3. The molecule has 0 saturated carbocycles. The average Bonchev–Trinajstić information content (AvgIpc) is 3.34. The zero-order chi connectivity index (χ0) is 25.2. The predicted octanol–water partition coefficient (Wildman–Crippen LogP) is 6.09. The summed E-state index contributed by atoms with van der Waals surface area (Å²) in [6.07, 6.45) is 1.69. The Morgan fingerprint density at radius 2 is 1.83 bits per heavy atom. The number of nitrogens with one attached hydrogen (secondary N) is 1. The van der Waals surface area contributed by atoms with Crippen LogP contribution in [0, 0.1) is 12.8 Å². The van der Waals surface area contributed by atoms with Crippen molar-refractivity contribution in [2.75, 3.05) is 25.1 Å². The number of carbonyl (C=O) groups excluding carboxylic acids is 1. The van der Waals surface area contributed by atoms with Crippen LogP contribution in [0.2, 0.25) is 10.0 Å². The largest absolute Gasteiger partial charge is 0.465 e. The number of benzene rings is 2. The summed E-state index contributed by atoms with van der Waals surface area (Å²) >= 11 is 13.4. The lowest BCUT2D eigenvalue weighted by Crippen LogP contribution is -2.43. The Balaban J connectivity index is 1.55. The van der Waals surface area contributed by atoms with Crippen molar-refractivity contribution in [1.82, 2.24) is 4.72 Å². The van der Waals surface area contributed by atoms with Crippen molar-refractivity contribution in [3.8, 4) is 0 Å². The number of esters is 1. The van der Waals surface area contributed by atoms with Gasteiger partial charge in [-0.1, -0.05) is 29.3 Å². The van der Waals surface area contributed by atoms with Crippen LogP contribution >= 0.6 is 34.5 Å². The molecule has 1 aliphatic rings. The van der Waals surface area contributed by atoms with Gasteiger partial charge in [0.05, 0.1) is 13.2 Å². The van der Waals surface area contributed by atoms with Crippen LogP contribution in [-0.4, -0.2) is 34.6 Å². The fourth-order valence-electron chi connectivity index (χ4n) is 4.52. The van der Waals surface area contributed by atoms with Gasteiger partial charge in [-0.3, -0.25) is 0 Å². The van der Waals surface area contributed by atoms with E-state index in [0.717, 1.165) is 35.4 Å². The highest BCUT2D eigenvalue weighted by atomic mass is 35.5. The Morgan fingerprint density at radius 1 is 1.11 bits per heavy atom. The number of ether oxygens (including phenoxy) is 1. The van der Waals surface area contributed by atoms with Gasteiger partial charge >= 0.3 is 5.97 Å². The number of methoxy groups -OCH3 is 1. The van der Waals surface area contributed by atoms with Gasteiger partial charge in [-0.25, -0.2) is 17.9 Å². The molecule has 2 unspecified atom stereocenters. The topological polar surface area (TPSA) is 75.7 Å². The van der Waals surface area contributed by atoms with Crippen LogP contribution < -0.4 is 9.62 Å². The van der Waals surface area contributed by atoms with Gasteiger partial charge in [0, 0.05) is 28.8 Å². The fraction of sp³-hybridized carbons (Fsp3) is 0.320. The number of hydrogen-bond acceptors (Lipinski definition) is 6. The second-order valence-electron chi connectivity index (χ2n) is 8.55. The van der Waals surface area contributed by atoms with E-state index in [1.165, 1.54) is 18.7 Å². The van der Waals surface area contributed by atoms with Gasteiger partial charge in [-0.05, 0) is 84.7 Å². The highest BCUT2D eigenvalue weighted by Gasteiger charge is 2.32. The molecule has 0 amide bonds. The van der Waals surface area contributed by atoms with Crippen LogP contribution in [0.4, 0.5) is 5.69 Å². The Bertz CT molecular complexity index is 1310. The molecule has 35 heavy (non-hydrogen) atoms. The molecule has 10 heteroatoms. The molecule has 0 spiro atoms. The normalized spacial score (nSPS) is 18.5. The molecule has 1 fully saturated rings. The molecule has 186 valence electrons. The Morgan fingerprint density at radius 3 is 2.51 bits per heavy atom. The first kappa shape index (κ1) is 26.0. The maximum absolute atomic E-state index is 13.0. The van der Waals surface area contributed by atoms with E-state index in [0.29, 0.717) is 16.6 Å². The molecular weight excluding hydrogens is 527 g/mol. The predicted molar refractivity (Wildman–Crippen MR) is 141 cm³/mol. The third-order valence-electron chi connectivity index (χ3n) is 6.28. The van der Waals surface area contributed by atoms with Gasteiger partial charge in [-0.2, -0.15) is 0 Å². The van der Waals surface area contributed by atoms with Crippen LogP contribution in [0.5, 0.6) is 0 Å². The van der Waals surface area contributed by atoms with E-state index in [9.17, 15) is 13.2 Å². The maximum Gasteiger partial charge on any atom is 0.349 e. The number of nitrogens with zero attached hydrogens (tertiary/aromatic N) is 1. The van der Waals surface area contributed by atoms with Crippen molar-refractivity contribution in [2.24, 2.45) is 5.92 Å². The Hall–Kier alpha value is -2.10. The molecule has 2 atom stereocenters. The maximum atomic E-state index is 13.0. The van der Waals surface area contributed by atoms with Crippen molar-refractivity contribution in [3.05, 3.63) is 80.0 Å². The number of piperidine rings is 1. The second-order valence-corrected chi connectivity index (χ2v) is 12.1. The monoisotopic (exact) mass is 552 g/mol. The molecule has 1 aliphatic heterocycles. The molecule has 3 aromatic rings. The summed E-state index contributed by atoms with van der Waals surface area (Å²) in [5.74, 6) is -0.586. The van der Waals surface area contributed by atoms with E-state index in [4.69, 9.17) is 27.9 Å². The summed E-state index contributed by atoms with van der Waals surface area (Å²) in [5, 5.41) is 2.93. The third kappa shape index (κ3) is 5.84. The number of rotatable bonds is 7. The van der Waals surface area contributed by atoms with E-state index in [-0.39, 0.29) is 28.3 Å². The van der Waals surface area contributed by atoms with Crippen molar-refractivity contribution >= 4 is 56.2 Å². The van der Waals surface area contributed by atoms with Gasteiger partial charge in [0.1, 0.15) is 9.77 Å². The van der Waals surface area contributed by atoms with Crippen molar-refractivity contribution in [1.29, 1.82) is 0 Å². The molecule has 1 aromatic heterocycles. The molecule has 0 radical (unpaired) electrons. The van der Waals surface area contributed by atoms with Crippen LogP contribution in [0.15, 0.2) is 58.8 Å². The smallest absolute Gasteiger partial charge is 0.349 e. The minimum atomic E-state index is -3.86. The van der Waals surface area contributed by atoms with Crippen LogP contribution in [0.25, 0.3) is 0 Å². The van der Waals surface area contributed by atoms with E-state index in [1.54, 1.807) is 5.38 Å². The summed E-state index contributed by atoms with van der Waals surface area (Å²) in [6.45, 7) is 2.97. The molecule has 6 nitrogen and oxygen atoms in total. The number of halogens is 2. The summed E-state index contributed by atoms with van der Waals surface area (Å²) < 4.78 is 33.4. The number of sulfonamides is 1. The molecular formula is C25H26Cl2N2O4S2. The standard InChI is InChI=1S/C25H26Cl2N2O4S2/c1-16-13-19(27)6-9-21(16)22-10-3-17(15-29(22)20-7-4-18(26)5-8-20)14-28-35(31,32)23-11-12-34-24(23)25(30)33-2/h4-9,11-13,17,22,28H,3,10,14-15H2,1-2H3. The third-order valence-corrected chi connectivity index (χ3v) is 9.26. The van der Waals surface area contributed by atoms with Gasteiger partial charge in [0.25, 0.3) is 0 Å². The van der Waals surface area contributed by atoms with Gasteiger partial charge in [0.15, 0.2) is 0 Å². The van der Waals surface area contributed by atoms with Crippen LogP contribution in [0.1, 0.15) is 39.7 Å². The minimum Gasteiger partial charge on any atom is -0.465 e. The van der Waals surface area contributed by atoms with Gasteiger partial charge < -0.3 is 9.64 Å². The first-order chi connectivity index (χ1) is 16.7. The molecule has 1 N–H and O–H groups in total. The molecule has 0 bridgehead atoms. The number of anilines is 1. The average molecular weight is 554 g/mol. The van der Waals surface area contributed by atoms with E-state index < -0.39 is 16.0 Å². The van der Waals surface area contributed by atoms with E-state index in [2.05, 4.69) is 22.6 Å². The number of aryl methyl sites for hydroxylation is 1. The number of thiophene rings is 1. The molecule has 0 aliphatic carbocycles. The lowest BCUT2D eigenvalue weighted by molar-refractivity contribution is 0.0602. The fourth-order valence-corrected chi connectivity index (χ4v) is 7.32. The van der Waals surface area contributed by atoms with Crippen LogP contribution in [-0.2, 0) is 14.8 Å².